The number of rotatable bonds is 2. The predicted octanol–water partition coefficient (Wildman–Crippen LogP) is 2.18. The van der Waals surface area contributed by atoms with Crippen LogP contribution in [0.3, 0.4) is 0 Å². The van der Waals surface area contributed by atoms with E-state index in [1.165, 1.54) is 3.57 Å². The Kier molecular flexibility index (Phi) is 5.61. The maximum atomic E-state index is 5.51. The molecule has 0 unspecified atom stereocenters. The van der Waals surface area contributed by atoms with Crippen LogP contribution in [0.2, 0.25) is 0 Å². The molecular formula is C8H11ClINO. The van der Waals surface area contributed by atoms with Crippen molar-refractivity contribution >= 4 is 35.0 Å². The lowest BCUT2D eigenvalue weighted by Gasteiger charge is -2.05. The van der Waals surface area contributed by atoms with Gasteiger partial charge in [0.05, 0.1) is 7.11 Å². The molecule has 0 aliphatic rings. The zero-order valence-corrected chi connectivity index (χ0v) is 9.68. The van der Waals surface area contributed by atoms with Gasteiger partial charge >= 0.3 is 0 Å². The van der Waals surface area contributed by atoms with E-state index in [1.807, 2.05) is 18.2 Å². The Morgan fingerprint density at radius 1 is 1.50 bits per heavy atom. The molecule has 1 aromatic rings. The lowest BCUT2D eigenvalue weighted by molar-refractivity contribution is 0.409. The zero-order valence-electron chi connectivity index (χ0n) is 6.71. The van der Waals surface area contributed by atoms with Gasteiger partial charge in [0.25, 0.3) is 0 Å². The minimum atomic E-state index is 0. The van der Waals surface area contributed by atoms with Crippen molar-refractivity contribution in [2.45, 2.75) is 6.54 Å². The molecule has 1 aromatic carbocycles. The molecule has 1 rings (SSSR count). The number of halogens is 2. The molecule has 2 nitrogen and oxygen atoms in total. The van der Waals surface area contributed by atoms with Crippen LogP contribution in [0.25, 0.3) is 0 Å². The van der Waals surface area contributed by atoms with Gasteiger partial charge in [0.1, 0.15) is 5.75 Å². The number of methoxy groups -OCH3 is 1. The summed E-state index contributed by atoms with van der Waals surface area (Å²) in [6, 6.07) is 5.96. The molecule has 2 N–H and O–H groups in total. The maximum absolute atomic E-state index is 5.51. The van der Waals surface area contributed by atoms with Gasteiger partial charge in [0, 0.05) is 15.7 Å². The van der Waals surface area contributed by atoms with Crippen molar-refractivity contribution in [1.82, 2.24) is 0 Å². The average molecular weight is 300 g/mol. The molecule has 0 amide bonds. The van der Waals surface area contributed by atoms with Crippen LogP contribution in [0, 0.1) is 3.57 Å². The van der Waals surface area contributed by atoms with Gasteiger partial charge in [0.2, 0.25) is 0 Å². The molecule has 0 aliphatic carbocycles. The average Bonchev–Trinajstić information content (AvgIpc) is 2.04. The highest BCUT2D eigenvalue weighted by atomic mass is 127. The minimum Gasteiger partial charge on any atom is -0.496 e. The highest BCUT2D eigenvalue weighted by Crippen LogP contribution is 2.19. The minimum absolute atomic E-state index is 0. The first-order chi connectivity index (χ1) is 5.27. The van der Waals surface area contributed by atoms with Crippen molar-refractivity contribution in [3.05, 3.63) is 27.3 Å². The summed E-state index contributed by atoms with van der Waals surface area (Å²) in [4.78, 5) is 0. The lowest BCUT2D eigenvalue weighted by atomic mass is 10.2. The monoisotopic (exact) mass is 299 g/mol. The first-order valence-electron chi connectivity index (χ1n) is 3.30. The highest BCUT2D eigenvalue weighted by Gasteiger charge is 1.99. The Bertz CT molecular complexity index is 255. The molecule has 68 valence electrons. The van der Waals surface area contributed by atoms with Crippen LogP contribution < -0.4 is 10.5 Å². The van der Waals surface area contributed by atoms with Gasteiger partial charge in [0.15, 0.2) is 0 Å². The summed E-state index contributed by atoms with van der Waals surface area (Å²) in [5.41, 5.74) is 6.57. The summed E-state index contributed by atoms with van der Waals surface area (Å²) in [5, 5.41) is 0. The van der Waals surface area contributed by atoms with E-state index in [2.05, 4.69) is 22.6 Å². The normalized spacial score (nSPS) is 8.92. The second-order valence-electron chi connectivity index (χ2n) is 2.16. The number of ether oxygens (including phenoxy) is 1. The molecule has 0 saturated heterocycles. The fraction of sp³-hybridized carbons (Fsp3) is 0.250. The summed E-state index contributed by atoms with van der Waals surface area (Å²) in [7, 11) is 1.65. The van der Waals surface area contributed by atoms with E-state index >= 15 is 0 Å². The van der Waals surface area contributed by atoms with Crippen LogP contribution in [0.4, 0.5) is 0 Å². The third-order valence-electron chi connectivity index (χ3n) is 1.46. The summed E-state index contributed by atoms with van der Waals surface area (Å²) in [6.45, 7) is 0.528. The quantitative estimate of drug-likeness (QED) is 0.850. The summed E-state index contributed by atoms with van der Waals surface area (Å²) in [5.74, 6) is 0.868. The molecule has 0 spiro atoms. The third kappa shape index (κ3) is 2.80. The van der Waals surface area contributed by atoms with Gasteiger partial charge < -0.3 is 10.5 Å². The van der Waals surface area contributed by atoms with E-state index in [4.69, 9.17) is 10.5 Å². The Balaban J connectivity index is 0.00000121. The van der Waals surface area contributed by atoms with Crippen LogP contribution in [-0.2, 0) is 6.54 Å². The van der Waals surface area contributed by atoms with Gasteiger partial charge in [-0.25, -0.2) is 0 Å². The standard InChI is InChI=1S/C8H10INO.ClH/c1-11-8-3-2-7(9)4-6(8)5-10;/h2-4H,5,10H2,1H3;1H. The number of hydrogen-bond donors (Lipinski definition) is 1. The van der Waals surface area contributed by atoms with Crippen LogP contribution in [0.15, 0.2) is 18.2 Å². The fourth-order valence-corrected chi connectivity index (χ4v) is 1.46. The molecule has 0 bridgehead atoms. The molecule has 4 heteroatoms. The molecule has 0 radical (unpaired) electrons. The lowest BCUT2D eigenvalue weighted by Crippen LogP contribution is -1.99. The second kappa shape index (κ2) is 5.61. The van der Waals surface area contributed by atoms with E-state index in [0.717, 1.165) is 11.3 Å². The highest BCUT2D eigenvalue weighted by molar-refractivity contribution is 14.1. The molecule has 12 heavy (non-hydrogen) atoms. The van der Waals surface area contributed by atoms with Crippen LogP contribution in [-0.4, -0.2) is 7.11 Å². The van der Waals surface area contributed by atoms with Crippen molar-refractivity contribution in [2.24, 2.45) is 5.73 Å². The fourth-order valence-electron chi connectivity index (χ4n) is 0.907. The topological polar surface area (TPSA) is 35.2 Å². The summed E-state index contributed by atoms with van der Waals surface area (Å²) in [6.07, 6.45) is 0. The Morgan fingerprint density at radius 2 is 2.17 bits per heavy atom. The predicted molar refractivity (Wildman–Crippen MR) is 60.9 cm³/mol. The summed E-state index contributed by atoms with van der Waals surface area (Å²) >= 11 is 2.25. The Hall–Kier alpha value is -0.000000000000000111. The summed E-state index contributed by atoms with van der Waals surface area (Å²) < 4.78 is 6.29. The smallest absolute Gasteiger partial charge is 0.123 e. The number of hydrogen-bond acceptors (Lipinski definition) is 2. The zero-order chi connectivity index (χ0) is 8.27. The van der Waals surface area contributed by atoms with Gasteiger partial charge in [-0.05, 0) is 40.8 Å². The molecule has 0 saturated carbocycles. The molecule has 0 fully saturated rings. The molecule has 0 aliphatic heterocycles. The SMILES string of the molecule is COc1ccc(I)cc1CN.Cl. The molecule has 0 heterocycles. The molecular weight excluding hydrogens is 288 g/mol. The van der Waals surface area contributed by atoms with E-state index in [-0.39, 0.29) is 12.4 Å². The van der Waals surface area contributed by atoms with Crippen LogP contribution >= 0.6 is 35.0 Å². The van der Waals surface area contributed by atoms with Crippen molar-refractivity contribution in [3.8, 4) is 5.75 Å². The van der Waals surface area contributed by atoms with E-state index in [1.54, 1.807) is 7.11 Å². The third-order valence-corrected chi connectivity index (χ3v) is 2.13. The van der Waals surface area contributed by atoms with Crippen LogP contribution in [0.5, 0.6) is 5.75 Å². The number of nitrogens with two attached hydrogens (primary N) is 1. The Morgan fingerprint density at radius 3 is 2.67 bits per heavy atom. The van der Waals surface area contributed by atoms with Gasteiger partial charge in [-0.15, -0.1) is 12.4 Å². The van der Waals surface area contributed by atoms with E-state index < -0.39 is 0 Å². The number of benzene rings is 1. The first-order valence-corrected chi connectivity index (χ1v) is 4.38. The largest absolute Gasteiger partial charge is 0.496 e. The van der Waals surface area contributed by atoms with Crippen molar-refractivity contribution < 1.29 is 4.74 Å². The van der Waals surface area contributed by atoms with Crippen molar-refractivity contribution in [3.63, 3.8) is 0 Å². The maximum Gasteiger partial charge on any atom is 0.123 e. The second-order valence-corrected chi connectivity index (χ2v) is 3.41. The van der Waals surface area contributed by atoms with Gasteiger partial charge in [-0.3, -0.25) is 0 Å². The van der Waals surface area contributed by atoms with Crippen LogP contribution in [0.1, 0.15) is 5.56 Å². The molecule has 0 atom stereocenters. The van der Waals surface area contributed by atoms with E-state index in [0.29, 0.717) is 6.54 Å². The van der Waals surface area contributed by atoms with E-state index in [9.17, 15) is 0 Å². The van der Waals surface area contributed by atoms with Crippen molar-refractivity contribution in [1.29, 1.82) is 0 Å². The van der Waals surface area contributed by atoms with Crippen molar-refractivity contribution in [2.75, 3.05) is 7.11 Å². The first kappa shape index (κ1) is 12.0. The van der Waals surface area contributed by atoms with Gasteiger partial charge in [-0.2, -0.15) is 0 Å². The van der Waals surface area contributed by atoms with Gasteiger partial charge in [-0.1, -0.05) is 0 Å². The molecule has 0 aromatic heterocycles. The Labute approximate surface area is 92.0 Å².